The van der Waals surface area contributed by atoms with E-state index in [4.69, 9.17) is 5.10 Å². The van der Waals surface area contributed by atoms with Crippen LogP contribution in [0, 0.1) is 12.8 Å². The number of rotatable bonds is 6. The van der Waals surface area contributed by atoms with Gasteiger partial charge in [-0.3, -0.25) is 0 Å². The van der Waals surface area contributed by atoms with Crippen LogP contribution in [0.4, 0.5) is 5.82 Å². The molecule has 0 bridgehead atoms. The van der Waals surface area contributed by atoms with E-state index in [1.165, 1.54) is 24.1 Å². The summed E-state index contributed by atoms with van der Waals surface area (Å²) in [5, 5.41) is 17.0. The SMILES string of the molecule is Cc1ncsc1CNCC1CN(c2ccc3nnc(C4CCC4)n3n2)C1. The predicted molar refractivity (Wildman–Crippen MR) is 102 cm³/mol. The van der Waals surface area contributed by atoms with Crippen molar-refractivity contribution in [2.75, 3.05) is 24.5 Å². The van der Waals surface area contributed by atoms with Crippen LogP contribution in [0.1, 0.15) is 41.6 Å². The first-order valence-electron chi connectivity index (χ1n) is 9.35. The average Bonchev–Trinajstić information content (AvgIpc) is 3.15. The molecule has 0 aromatic carbocycles. The molecule has 3 aromatic heterocycles. The molecule has 1 saturated heterocycles. The van der Waals surface area contributed by atoms with Gasteiger partial charge < -0.3 is 10.2 Å². The Hall–Kier alpha value is -2.06. The number of thiazole rings is 1. The van der Waals surface area contributed by atoms with Gasteiger partial charge in [-0.15, -0.1) is 26.6 Å². The largest absolute Gasteiger partial charge is 0.354 e. The van der Waals surface area contributed by atoms with E-state index in [2.05, 4.69) is 38.4 Å². The van der Waals surface area contributed by atoms with E-state index in [-0.39, 0.29) is 0 Å². The molecule has 2 fully saturated rings. The molecule has 1 aliphatic carbocycles. The van der Waals surface area contributed by atoms with Crippen molar-refractivity contribution in [3.63, 3.8) is 0 Å². The van der Waals surface area contributed by atoms with Crippen LogP contribution in [0.2, 0.25) is 0 Å². The number of fused-ring (bicyclic) bond motifs is 1. The van der Waals surface area contributed by atoms with E-state index < -0.39 is 0 Å². The van der Waals surface area contributed by atoms with Crippen LogP contribution in [0.5, 0.6) is 0 Å². The van der Waals surface area contributed by atoms with Crippen molar-refractivity contribution in [3.8, 4) is 0 Å². The van der Waals surface area contributed by atoms with Crippen molar-refractivity contribution < 1.29 is 0 Å². The molecule has 1 aliphatic heterocycles. The van der Waals surface area contributed by atoms with Gasteiger partial charge in [0.2, 0.25) is 0 Å². The smallest absolute Gasteiger partial charge is 0.178 e. The fraction of sp³-hybridized carbons (Fsp3) is 0.556. The van der Waals surface area contributed by atoms with E-state index in [0.717, 1.165) is 49.2 Å². The number of anilines is 1. The second-order valence-electron chi connectivity index (χ2n) is 7.41. The van der Waals surface area contributed by atoms with Gasteiger partial charge in [0, 0.05) is 42.9 Å². The molecule has 7 nitrogen and oxygen atoms in total. The van der Waals surface area contributed by atoms with Gasteiger partial charge in [0.15, 0.2) is 11.5 Å². The fourth-order valence-electron chi connectivity index (χ4n) is 3.66. The molecule has 0 radical (unpaired) electrons. The minimum absolute atomic E-state index is 0.538. The molecule has 1 N–H and O–H groups in total. The van der Waals surface area contributed by atoms with Gasteiger partial charge in [0.1, 0.15) is 5.82 Å². The lowest BCUT2D eigenvalue weighted by atomic mass is 9.85. The van der Waals surface area contributed by atoms with Crippen molar-refractivity contribution in [1.82, 2.24) is 30.1 Å². The summed E-state index contributed by atoms with van der Waals surface area (Å²) in [6, 6.07) is 4.11. The number of nitrogens with one attached hydrogen (secondary N) is 1. The summed E-state index contributed by atoms with van der Waals surface area (Å²) in [4.78, 5) is 7.98. The van der Waals surface area contributed by atoms with Gasteiger partial charge >= 0.3 is 0 Å². The number of aryl methyl sites for hydroxylation is 1. The fourth-order valence-corrected chi connectivity index (χ4v) is 4.40. The third-order valence-electron chi connectivity index (χ3n) is 5.59. The maximum Gasteiger partial charge on any atom is 0.178 e. The Labute approximate surface area is 156 Å². The minimum atomic E-state index is 0.538. The highest BCUT2D eigenvalue weighted by molar-refractivity contribution is 7.09. The van der Waals surface area contributed by atoms with Gasteiger partial charge in [-0.1, -0.05) is 6.42 Å². The van der Waals surface area contributed by atoms with Crippen LogP contribution in [-0.4, -0.2) is 44.4 Å². The lowest BCUT2D eigenvalue weighted by Gasteiger charge is -2.40. The molecular formula is C18H23N7S. The molecule has 2 aliphatic rings. The molecule has 3 aromatic rings. The van der Waals surface area contributed by atoms with E-state index in [1.54, 1.807) is 11.3 Å². The molecule has 4 heterocycles. The van der Waals surface area contributed by atoms with Crippen molar-refractivity contribution in [3.05, 3.63) is 34.0 Å². The van der Waals surface area contributed by atoms with Crippen LogP contribution in [0.25, 0.3) is 5.65 Å². The highest BCUT2D eigenvalue weighted by Gasteiger charge is 2.29. The summed E-state index contributed by atoms with van der Waals surface area (Å²) >= 11 is 1.73. The zero-order valence-corrected chi connectivity index (χ0v) is 15.7. The normalized spacial score (nSPS) is 18.3. The highest BCUT2D eigenvalue weighted by atomic mass is 32.1. The lowest BCUT2D eigenvalue weighted by Crippen LogP contribution is -2.51. The summed E-state index contributed by atoms with van der Waals surface area (Å²) in [6.45, 7) is 6.13. The monoisotopic (exact) mass is 369 g/mol. The average molecular weight is 369 g/mol. The first-order chi connectivity index (χ1) is 12.8. The Morgan fingerprint density at radius 2 is 2.12 bits per heavy atom. The van der Waals surface area contributed by atoms with E-state index in [1.807, 2.05) is 16.1 Å². The molecule has 8 heteroatoms. The van der Waals surface area contributed by atoms with Gasteiger partial charge in [0.25, 0.3) is 0 Å². The summed E-state index contributed by atoms with van der Waals surface area (Å²) in [5.74, 6) is 3.28. The maximum absolute atomic E-state index is 4.82. The van der Waals surface area contributed by atoms with E-state index in [9.17, 15) is 0 Å². The van der Waals surface area contributed by atoms with Crippen LogP contribution in [-0.2, 0) is 6.54 Å². The Morgan fingerprint density at radius 1 is 1.23 bits per heavy atom. The topological polar surface area (TPSA) is 71.2 Å². The zero-order chi connectivity index (χ0) is 17.5. The van der Waals surface area contributed by atoms with E-state index >= 15 is 0 Å². The number of aromatic nitrogens is 5. The van der Waals surface area contributed by atoms with E-state index in [0.29, 0.717) is 11.8 Å². The second kappa shape index (κ2) is 6.59. The summed E-state index contributed by atoms with van der Waals surface area (Å²) in [5.41, 5.74) is 3.92. The standard InChI is InChI=1S/C18H23N7S/c1-12-15(26-11-20-12)8-19-7-13-9-24(10-13)17-6-5-16-21-22-18(25(16)23-17)14-3-2-4-14/h5-6,11,13-14,19H,2-4,7-10H2,1H3. The van der Waals surface area contributed by atoms with Crippen molar-refractivity contribution in [2.24, 2.45) is 5.92 Å². The van der Waals surface area contributed by atoms with Gasteiger partial charge in [-0.25, -0.2) is 4.98 Å². The summed E-state index contributed by atoms with van der Waals surface area (Å²) in [6.07, 6.45) is 3.72. The van der Waals surface area contributed by atoms with Crippen LogP contribution >= 0.6 is 11.3 Å². The third-order valence-corrected chi connectivity index (χ3v) is 6.52. The first kappa shape index (κ1) is 16.1. The first-order valence-corrected chi connectivity index (χ1v) is 10.2. The van der Waals surface area contributed by atoms with Gasteiger partial charge in [-0.05, 0) is 31.9 Å². The zero-order valence-electron chi connectivity index (χ0n) is 14.9. The van der Waals surface area contributed by atoms with Crippen molar-refractivity contribution in [1.29, 1.82) is 0 Å². The predicted octanol–water partition coefficient (Wildman–Crippen LogP) is 2.38. The van der Waals surface area contributed by atoms with Gasteiger partial charge in [-0.2, -0.15) is 4.52 Å². The third kappa shape index (κ3) is 2.87. The maximum atomic E-state index is 4.82. The Balaban J connectivity index is 1.19. The van der Waals surface area contributed by atoms with Crippen molar-refractivity contribution >= 4 is 22.8 Å². The molecule has 0 amide bonds. The Morgan fingerprint density at radius 3 is 2.85 bits per heavy atom. The summed E-state index contributed by atoms with van der Waals surface area (Å²) in [7, 11) is 0. The molecule has 26 heavy (non-hydrogen) atoms. The molecular weight excluding hydrogens is 346 g/mol. The lowest BCUT2D eigenvalue weighted by molar-refractivity contribution is 0.378. The minimum Gasteiger partial charge on any atom is -0.354 e. The molecule has 136 valence electrons. The summed E-state index contributed by atoms with van der Waals surface area (Å²) < 4.78 is 1.96. The van der Waals surface area contributed by atoms with Crippen molar-refractivity contribution in [2.45, 2.75) is 38.6 Å². The molecule has 5 rings (SSSR count). The molecule has 0 unspecified atom stereocenters. The Kier molecular flexibility index (Phi) is 4.09. The molecule has 0 atom stereocenters. The molecule has 1 saturated carbocycles. The Bertz CT molecular complexity index is 907. The number of hydrogen-bond donors (Lipinski definition) is 1. The number of nitrogens with zero attached hydrogens (tertiary/aromatic N) is 6. The quantitative estimate of drug-likeness (QED) is 0.719. The molecule has 0 spiro atoms. The van der Waals surface area contributed by atoms with Crippen LogP contribution in [0.15, 0.2) is 17.6 Å². The van der Waals surface area contributed by atoms with Gasteiger partial charge in [0.05, 0.1) is 11.2 Å². The highest BCUT2D eigenvalue weighted by Crippen LogP contribution is 2.35. The van der Waals surface area contributed by atoms with Crippen LogP contribution in [0.3, 0.4) is 0 Å². The van der Waals surface area contributed by atoms with Crippen LogP contribution < -0.4 is 10.2 Å². The second-order valence-corrected chi connectivity index (χ2v) is 8.35. The number of hydrogen-bond acceptors (Lipinski definition) is 7.